The van der Waals surface area contributed by atoms with Gasteiger partial charge in [0, 0.05) is 45.6 Å². The molecule has 4 aromatic carbocycles. The predicted octanol–water partition coefficient (Wildman–Crippen LogP) is 7.35. The summed E-state index contributed by atoms with van der Waals surface area (Å²) in [7, 11) is 3.90. The maximum Gasteiger partial charge on any atom is 0.412 e. The smallest absolute Gasteiger partial charge is 0.412 e. The minimum absolute atomic E-state index is 0.0529. The average Bonchev–Trinajstić information content (AvgIpc) is 4.19. The molecule has 3 amide bonds. The Balaban J connectivity index is 0.853. The highest BCUT2D eigenvalue weighted by Crippen LogP contribution is 2.36. The van der Waals surface area contributed by atoms with Gasteiger partial charge in [0.15, 0.2) is 0 Å². The number of benzene rings is 4. The third kappa shape index (κ3) is 9.35. The van der Waals surface area contributed by atoms with Crippen LogP contribution in [0.4, 0.5) is 4.79 Å². The Kier molecular flexibility index (Phi) is 12.9. The van der Waals surface area contributed by atoms with E-state index in [2.05, 4.69) is 63.8 Å². The Morgan fingerprint density at radius 3 is 1.94 bits per heavy atom. The van der Waals surface area contributed by atoms with Crippen molar-refractivity contribution >= 4 is 17.9 Å². The molecule has 3 aliphatic rings. The van der Waals surface area contributed by atoms with Crippen LogP contribution in [0, 0.1) is 0 Å². The van der Waals surface area contributed by atoms with Gasteiger partial charge in [0.25, 0.3) is 0 Å². The number of nitrogens with one attached hydrogen (secondary N) is 3. The van der Waals surface area contributed by atoms with Crippen LogP contribution in [0.2, 0.25) is 0 Å². The number of imidazole rings is 2. The third-order valence-electron chi connectivity index (χ3n) is 12.5. The monoisotopic (exact) mass is 861 g/mol. The van der Waals surface area contributed by atoms with Gasteiger partial charge in [-0.25, -0.2) is 14.8 Å². The van der Waals surface area contributed by atoms with Crippen molar-refractivity contribution in [1.82, 2.24) is 44.9 Å². The molecule has 0 radical (unpaired) electrons. The van der Waals surface area contributed by atoms with Crippen LogP contribution in [0.5, 0.6) is 0 Å². The van der Waals surface area contributed by atoms with E-state index in [9.17, 15) is 14.4 Å². The fourth-order valence-corrected chi connectivity index (χ4v) is 9.11. The highest BCUT2D eigenvalue weighted by atomic mass is 16.6. The van der Waals surface area contributed by atoms with Crippen molar-refractivity contribution in [1.29, 1.82) is 0 Å². The highest BCUT2D eigenvalue weighted by molar-refractivity contribution is 5.84. The maximum absolute atomic E-state index is 14.0. The Labute approximate surface area is 373 Å². The summed E-state index contributed by atoms with van der Waals surface area (Å²) >= 11 is 0. The van der Waals surface area contributed by atoms with Crippen molar-refractivity contribution in [2.75, 3.05) is 53.4 Å². The SMILES string of the molecule is CN(C)C(C(=O)N1CCCC1c1ncc(-c2ccc(-c3ccc(-c4cnc(C5COC(CCC(=O)N6CCNCC6)N5C(=O)OCc5ccccc5)[nH]4)cc3)cc2)[nH]1)c1ccccc1. The van der Waals surface area contributed by atoms with E-state index < -0.39 is 18.4 Å². The van der Waals surface area contributed by atoms with Crippen LogP contribution >= 0.6 is 0 Å². The van der Waals surface area contributed by atoms with Gasteiger partial charge < -0.3 is 34.6 Å². The summed E-state index contributed by atoms with van der Waals surface area (Å²) in [5.74, 6) is 1.53. The normalized spacial score (nSPS) is 19.3. The zero-order chi connectivity index (χ0) is 44.0. The van der Waals surface area contributed by atoms with Crippen LogP contribution in [0.25, 0.3) is 33.6 Å². The van der Waals surface area contributed by atoms with E-state index in [1.807, 2.05) is 95.7 Å². The molecule has 14 heteroatoms. The lowest BCUT2D eigenvalue weighted by atomic mass is 10.0. The van der Waals surface area contributed by atoms with Crippen LogP contribution in [0.3, 0.4) is 0 Å². The van der Waals surface area contributed by atoms with Gasteiger partial charge >= 0.3 is 6.09 Å². The van der Waals surface area contributed by atoms with Gasteiger partial charge in [-0.05, 0) is 60.3 Å². The molecule has 0 bridgehead atoms. The number of hydrogen-bond donors (Lipinski definition) is 3. The van der Waals surface area contributed by atoms with Gasteiger partial charge in [0.1, 0.15) is 36.6 Å². The van der Waals surface area contributed by atoms with Gasteiger partial charge in [-0.1, -0.05) is 109 Å². The Bertz CT molecular complexity index is 2500. The summed E-state index contributed by atoms with van der Waals surface area (Å²) < 4.78 is 12.0. The molecule has 0 spiro atoms. The molecule has 2 aromatic heterocycles. The summed E-state index contributed by atoms with van der Waals surface area (Å²) in [5, 5.41) is 3.28. The second-order valence-corrected chi connectivity index (χ2v) is 16.9. The van der Waals surface area contributed by atoms with E-state index in [1.165, 1.54) is 0 Å². The lowest BCUT2D eigenvalue weighted by molar-refractivity contribution is -0.137. The Morgan fingerprint density at radius 1 is 0.750 bits per heavy atom. The zero-order valence-corrected chi connectivity index (χ0v) is 36.4. The van der Waals surface area contributed by atoms with Gasteiger partial charge in [-0.3, -0.25) is 19.4 Å². The van der Waals surface area contributed by atoms with Gasteiger partial charge in [0.05, 0.1) is 36.4 Å². The second kappa shape index (κ2) is 19.4. The molecule has 330 valence electrons. The number of nitrogens with zero attached hydrogens (tertiary/aromatic N) is 6. The van der Waals surface area contributed by atoms with Crippen molar-refractivity contribution in [2.24, 2.45) is 0 Å². The summed E-state index contributed by atoms with van der Waals surface area (Å²) in [6, 6.07) is 35.2. The van der Waals surface area contributed by atoms with Gasteiger partial charge in [-0.2, -0.15) is 0 Å². The van der Waals surface area contributed by atoms with E-state index in [-0.39, 0.29) is 43.5 Å². The molecule has 64 heavy (non-hydrogen) atoms. The molecule has 3 fully saturated rings. The van der Waals surface area contributed by atoms with Gasteiger partial charge in [0.2, 0.25) is 11.8 Å². The quantitative estimate of drug-likeness (QED) is 0.108. The molecule has 9 rings (SSSR count). The van der Waals surface area contributed by atoms with Crippen molar-refractivity contribution in [2.45, 2.75) is 56.6 Å². The number of H-pyrrole nitrogens is 2. The average molecular weight is 862 g/mol. The van der Waals surface area contributed by atoms with E-state index in [4.69, 9.17) is 19.4 Å². The number of rotatable bonds is 13. The van der Waals surface area contributed by atoms with Crippen molar-refractivity contribution in [3.05, 3.63) is 144 Å². The lowest BCUT2D eigenvalue weighted by Gasteiger charge is -2.31. The number of piperazine rings is 1. The zero-order valence-electron chi connectivity index (χ0n) is 36.4. The molecule has 0 aliphatic carbocycles. The van der Waals surface area contributed by atoms with Gasteiger partial charge in [-0.15, -0.1) is 0 Å². The highest BCUT2D eigenvalue weighted by Gasteiger charge is 2.42. The number of aromatic nitrogens is 4. The largest absolute Gasteiger partial charge is 0.444 e. The Morgan fingerprint density at radius 2 is 1.33 bits per heavy atom. The van der Waals surface area contributed by atoms with Crippen LogP contribution < -0.4 is 5.32 Å². The van der Waals surface area contributed by atoms with Crippen molar-refractivity contribution in [3.63, 3.8) is 0 Å². The standard InChI is InChI=1S/C50H55N9O5/c1-56(2)46(39-12-7-4-8-13-39)49(61)58-27-9-14-42(58)47-52-30-40(54-47)37-19-15-35(16-20-37)36-17-21-38(22-18-36)41-31-53-48(55-41)43-33-63-45(24-23-44(60)57-28-25-51-26-29-57)59(43)50(62)64-32-34-10-5-3-6-11-34/h3-8,10-13,15-22,30-31,42-43,45-46,51H,9,14,23-29,32-33H2,1-2H3,(H,52,54)(H,53,55). The summed E-state index contributed by atoms with van der Waals surface area (Å²) in [5.41, 5.74) is 7.66. The molecule has 5 heterocycles. The fourth-order valence-electron chi connectivity index (χ4n) is 9.11. The topological polar surface area (TPSA) is 152 Å². The number of carbonyl (C=O) groups is 3. The number of likely N-dealkylation sites (N-methyl/N-ethyl adjacent to an activating group) is 1. The molecule has 3 N–H and O–H groups in total. The number of amides is 3. The number of likely N-dealkylation sites (tertiary alicyclic amines) is 1. The van der Waals surface area contributed by atoms with Crippen molar-refractivity contribution < 1.29 is 23.9 Å². The number of ether oxygens (including phenoxy) is 2. The summed E-state index contributed by atoms with van der Waals surface area (Å²) in [4.78, 5) is 64.6. The van der Waals surface area contributed by atoms with E-state index in [0.29, 0.717) is 31.9 Å². The number of aromatic amines is 2. The van der Waals surface area contributed by atoms with E-state index in [0.717, 1.165) is 76.5 Å². The molecular formula is C50H55N9O5. The first kappa shape index (κ1) is 42.7. The van der Waals surface area contributed by atoms with Crippen LogP contribution in [-0.4, -0.2) is 117 Å². The third-order valence-corrected chi connectivity index (χ3v) is 12.5. The van der Waals surface area contributed by atoms with Crippen LogP contribution in [0.1, 0.15) is 66.6 Å². The minimum atomic E-state index is -0.635. The van der Waals surface area contributed by atoms with Crippen LogP contribution in [-0.2, 0) is 25.7 Å². The first-order valence-electron chi connectivity index (χ1n) is 22.2. The number of hydrogen-bond acceptors (Lipinski definition) is 9. The molecule has 3 saturated heterocycles. The second-order valence-electron chi connectivity index (χ2n) is 16.9. The fraction of sp³-hybridized carbons (Fsp3) is 0.340. The molecule has 4 unspecified atom stereocenters. The molecule has 4 atom stereocenters. The first-order chi connectivity index (χ1) is 31.3. The maximum atomic E-state index is 14.0. The molecule has 6 aromatic rings. The predicted molar refractivity (Wildman–Crippen MR) is 243 cm³/mol. The van der Waals surface area contributed by atoms with Crippen molar-refractivity contribution in [3.8, 4) is 33.6 Å². The first-order valence-corrected chi connectivity index (χ1v) is 22.2. The molecule has 14 nitrogen and oxygen atoms in total. The summed E-state index contributed by atoms with van der Waals surface area (Å²) in [6.07, 6.45) is 4.89. The molecule has 3 aliphatic heterocycles. The molecule has 0 saturated carbocycles. The minimum Gasteiger partial charge on any atom is -0.444 e. The Hall–Kier alpha value is -6.61. The molecular weight excluding hydrogens is 807 g/mol. The van der Waals surface area contributed by atoms with E-state index >= 15 is 0 Å². The summed E-state index contributed by atoms with van der Waals surface area (Å²) in [6.45, 7) is 3.93. The lowest BCUT2D eigenvalue weighted by Crippen LogP contribution is -2.47. The number of carbonyl (C=O) groups excluding carboxylic acids is 3. The van der Waals surface area contributed by atoms with Crippen LogP contribution in [0.15, 0.2) is 122 Å². The van der Waals surface area contributed by atoms with E-state index in [1.54, 1.807) is 11.1 Å².